The maximum Gasteiger partial charge on any atom is 0.0792 e. The van der Waals surface area contributed by atoms with Crippen molar-refractivity contribution in [3.8, 4) is 0 Å². The van der Waals surface area contributed by atoms with E-state index in [4.69, 9.17) is 0 Å². The van der Waals surface area contributed by atoms with Crippen LogP contribution in [0.2, 0.25) is 0 Å². The lowest BCUT2D eigenvalue weighted by atomic mass is 9.83. The van der Waals surface area contributed by atoms with Crippen LogP contribution in [-0.4, -0.2) is 5.11 Å². The molecule has 1 aromatic rings. The Kier molecular flexibility index (Phi) is 2.91. The lowest BCUT2D eigenvalue weighted by Crippen LogP contribution is -2.14. The SMILES string of the molecule is OC(CC1CC2CCC1C2)c1cccc(C2CC2)c1. The number of hydrogen-bond donors (Lipinski definition) is 1. The fourth-order valence-corrected chi connectivity index (χ4v) is 4.52. The molecule has 4 atom stereocenters. The zero-order chi connectivity index (χ0) is 12.8. The van der Waals surface area contributed by atoms with Gasteiger partial charge in [-0.3, -0.25) is 0 Å². The molecular formula is C18H24O. The summed E-state index contributed by atoms with van der Waals surface area (Å²) in [7, 11) is 0. The summed E-state index contributed by atoms with van der Waals surface area (Å²) in [5.74, 6) is 3.49. The second-order valence-corrected chi connectivity index (χ2v) is 7.13. The second-order valence-electron chi connectivity index (χ2n) is 7.13. The molecule has 3 aliphatic carbocycles. The summed E-state index contributed by atoms with van der Waals surface area (Å²) in [4.78, 5) is 0. The van der Waals surface area contributed by atoms with E-state index in [0.717, 1.165) is 35.7 Å². The summed E-state index contributed by atoms with van der Waals surface area (Å²) in [5.41, 5.74) is 2.61. The van der Waals surface area contributed by atoms with Crippen LogP contribution >= 0.6 is 0 Å². The topological polar surface area (TPSA) is 20.2 Å². The minimum atomic E-state index is -0.233. The van der Waals surface area contributed by atoms with Gasteiger partial charge in [-0.25, -0.2) is 0 Å². The van der Waals surface area contributed by atoms with E-state index >= 15 is 0 Å². The quantitative estimate of drug-likeness (QED) is 0.845. The molecule has 0 aliphatic heterocycles. The molecule has 2 bridgehead atoms. The summed E-state index contributed by atoms with van der Waals surface area (Å²) in [6.07, 6.45) is 9.14. The minimum absolute atomic E-state index is 0.233. The van der Waals surface area contributed by atoms with Crippen molar-refractivity contribution in [2.45, 2.75) is 57.0 Å². The molecular weight excluding hydrogens is 232 g/mol. The first-order chi connectivity index (χ1) is 9.29. The van der Waals surface area contributed by atoms with Crippen LogP contribution in [0.15, 0.2) is 24.3 Å². The molecule has 4 unspecified atom stereocenters. The van der Waals surface area contributed by atoms with E-state index in [1.807, 2.05) is 0 Å². The number of rotatable bonds is 4. The predicted molar refractivity (Wildman–Crippen MR) is 76.9 cm³/mol. The third-order valence-electron chi connectivity index (χ3n) is 5.75. The number of hydrogen-bond acceptors (Lipinski definition) is 1. The van der Waals surface area contributed by atoms with Crippen molar-refractivity contribution in [2.24, 2.45) is 17.8 Å². The Morgan fingerprint density at radius 1 is 1.11 bits per heavy atom. The van der Waals surface area contributed by atoms with Gasteiger partial charge in [0.25, 0.3) is 0 Å². The Morgan fingerprint density at radius 2 is 2.00 bits per heavy atom. The first-order valence-corrected chi connectivity index (χ1v) is 8.07. The van der Waals surface area contributed by atoms with Crippen LogP contribution in [0.1, 0.15) is 68.1 Å². The molecule has 0 spiro atoms. The Balaban J connectivity index is 1.44. The van der Waals surface area contributed by atoms with Crippen LogP contribution in [0.25, 0.3) is 0 Å². The third-order valence-corrected chi connectivity index (χ3v) is 5.75. The number of aliphatic hydroxyl groups is 1. The highest BCUT2D eigenvalue weighted by Crippen LogP contribution is 2.51. The lowest BCUT2D eigenvalue weighted by molar-refractivity contribution is 0.125. The smallest absolute Gasteiger partial charge is 0.0792 e. The number of fused-ring (bicyclic) bond motifs is 2. The van der Waals surface area contributed by atoms with Gasteiger partial charge < -0.3 is 5.11 Å². The van der Waals surface area contributed by atoms with Crippen LogP contribution in [0.5, 0.6) is 0 Å². The standard InChI is InChI=1S/C18H24O/c19-18(11-17-9-12-4-5-15(17)8-12)16-3-1-2-14(10-16)13-6-7-13/h1-3,10,12-13,15,17-19H,4-9,11H2. The largest absolute Gasteiger partial charge is 0.388 e. The molecule has 1 nitrogen and oxygen atoms in total. The molecule has 1 heteroatoms. The van der Waals surface area contributed by atoms with Crippen molar-refractivity contribution >= 4 is 0 Å². The van der Waals surface area contributed by atoms with E-state index in [1.54, 1.807) is 0 Å². The fourth-order valence-electron chi connectivity index (χ4n) is 4.52. The van der Waals surface area contributed by atoms with Crippen molar-refractivity contribution in [1.29, 1.82) is 0 Å². The Hall–Kier alpha value is -0.820. The van der Waals surface area contributed by atoms with E-state index in [1.165, 1.54) is 44.1 Å². The molecule has 3 fully saturated rings. The van der Waals surface area contributed by atoms with Crippen molar-refractivity contribution in [3.63, 3.8) is 0 Å². The van der Waals surface area contributed by atoms with Crippen molar-refractivity contribution < 1.29 is 5.11 Å². The van der Waals surface area contributed by atoms with Crippen LogP contribution in [-0.2, 0) is 0 Å². The van der Waals surface area contributed by atoms with E-state index in [9.17, 15) is 5.11 Å². The van der Waals surface area contributed by atoms with Crippen molar-refractivity contribution in [2.75, 3.05) is 0 Å². The highest BCUT2D eigenvalue weighted by atomic mass is 16.3. The molecule has 1 aromatic carbocycles. The van der Waals surface area contributed by atoms with E-state index in [2.05, 4.69) is 24.3 Å². The first kappa shape index (κ1) is 12.0. The van der Waals surface area contributed by atoms with Crippen LogP contribution < -0.4 is 0 Å². The van der Waals surface area contributed by atoms with Crippen LogP contribution in [0, 0.1) is 17.8 Å². The van der Waals surface area contributed by atoms with Gasteiger partial charge in [0.1, 0.15) is 0 Å². The van der Waals surface area contributed by atoms with Crippen molar-refractivity contribution in [3.05, 3.63) is 35.4 Å². The highest BCUT2D eigenvalue weighted by molar-refractivity contribution is 5.30. The average Bonchev–Trinajstić information content (AvgIpc) is 3.09. The van der Waals surface area contributed by atoms with Gasteiger partial charge in [-0.05, 0) is 73.3 Å². The Labute approximate surface area is 116 Å². The normalized spacial score (nSPS) is 34.7. The first-order valence-electron chi connectivity index (χ1n) is 8.07. The maximum absolute atomic E-state index is 10.5. The highest BCUT2D eigenvalue weighted by Gasteiger charge is 2.40. The molecule has 0 aromatic heterocycles. The molecule has 0 heterocycles. The van der Waals surface area contributed by atoms with Crippen molar-refractivity contribution in [1.82, 2.24) is 0 Å². The number of benzene rings is 1. The van der Waals surface area contributed by atoms with Gasteiger partial charge in [0.05, 0.1) is 6.10 Å². The van der Waals surface area contributed by atoms with Gasteiger partial charge in [-0.15, -0.1) is 0 Å². The molecule has 1 N–H and O–H groups in total. The molecule has 0 saturated heterocycles. The third kappa shape index (κ3) is 2.33. The summed E-state index contributed by atoms with van der Waals surface area (Å²) < 4.78 is 0. The van der Waals surface area contributed by atoms with Gasteiger partial charge in [0, 0.05) is 0 Å². The van der Waals surface area contributed by atoms with Gasteiger partial charge >= 0.3 is 0 Å². The monoisotopic (exact) mass is 256 g/mol. The van der Waals surface area contributed by atoms with E-state index in [-0.39, 0.29) is 6.10 Å². The second kappa shape index (κ2) is 4.63. The summed E-state index contributed by atoms with van der Waals surface area (Å²) >= 11 is 0. The molecule has 19 heavy (non-hydrogen) atoms. The summed E-state index contributed by atoms with van der Waals surface area (Å²) in [6, 6.07) is 8.73. The maximum atomic E-state index is 10.5. The van der Waals surface area contributed by atoms with Gasteiger partial charge in [-0.1, -0.05) is 30.7 Å². The molecule has 0 amide bonds. The number of aliphatic hydroxyl groups excluding tert-OH is 1. The fraction of sp³-hybridized carbons (Fsp3) is 0.667. The minimum Gasteiger partial charge on any atom is -0.388 e. The van der Waals surface area contributed by atoms with Gasteiger partial charge in [0.15, 0.2) is 0 Å². The Bertz CT molecular complexity index is 463. The van der Waals surface area contributed by atoms with Crippen LogP contribution in [0.3, 0.4) is 0 Å². The molecule has 3 aliphatic rings. The molecule has 4 rings (SSSR count). The van der Waals surface area contributed by atoms with Gasteiger partial charge in [-0.2, -0.15) is 0 Å². The molecule has 102 valence electrons. The average molecular weight is 256 g/mol. The van der Waals surface area contributed by atoms with Gasteiger partial charge in [0.2, 0.25) is 0 Å². The summed E-state index contributed by atoms with van der Waals surface area (Å²) in [6.45, 7) is 0. The zero-order valence-corrected chi connectivity index (χ0v) is 11.6. The van der Waals surface area contributed by atoms with E-state index in [0.29, 0.717) is 0 Å². The molecule has 0 radical (unpaired) electrons. The zero-order valence-electron chi connectivity index (χ0n) is 11.6. The molecule has 3 saturated carbocycles. The Morgan fingerprint density at radius 3 is 2.68 bits per heavy atom. The van der Waals surface area contributed by atoms with E-state index < -0.39 is 0 Å². The lowest BCUT2D eigenvalue weighted by Gasteiger charge is -2.24. The predicted octanol–water partition coefficient (Wildman–Crippen LogP) is 4.42. The summed E-state index contributed by atoms with van der Waals surface area (Å²) in [5, 5.41) is 10.5. The van der Waals surface area contributed by atoms with Crippen LogP contribution in [0.4, 0.5) is 0 Å².